The maximum atomic E-state index is 9.74. The largest absolute Gasteiger partial charge is 0.388 e. The molecule has 1 fully saturated rings. The molecule has 0 saturated carbocycles. The van der Waals surface area contributed by atoms with Crippen molar-refractivity contribution in [1.29, 1.82) is 0 Å². The lowest BCUT2D eigenvalue weighted by Crippen LogP contribution is -2.25. The molecular formula is C12H13N3O3. The molecule has 1 aromatic carbocycles. The molecule has 2 heterocycles. The van der Waals surface area contributed by atoms with Crippen LogP contribution in [0.1, 0.15) is 11.8 Å². The summed E-state index contributed by atoms with van der Waals surface area (Å²) < 4.78 is 5.30. The highest BCUT2D eigenvalue weighted by atomic mass is 16.5. The molecule has 3 atom stereocenters. The first-order valence-electron chi connectivity index (χ1n) is 5.71. The number of nitrogens with zero attached hydrogens (tertiary/aromatic N) is 3. The molecule has 0 amide bonds. The van der Waals surface area contributed by atoms with Crippen LogP contribution in [0.5, 0.6) is 0 Å². The number of benzene rings is 1. The highest BCUT2D eigenvalue weighted by molar-refractivity contribution is 5.28. The van der Waals surface area contributed by atoms with Gasteiger partial charge in [0, 0.05) is 0 Å². The van der Waals surface area contributed by atoms with Gasteiger partial charge in [-0.15, -0.1) is 0 Å². The van der Waals surface area contributed by atoms with Gasteiger partial charge in [0.05, 0.1) is 18.5 Å². The van der Waals surface area contributed by atoms with Gasteiger partial charge in [0.1, 0.15) is 24.0 Å². The molecule has 1 aromatic heterocycles. The van der Waals surface area contributed by atoms with Crippen LogP contribution in [0.3, 0.4) is 0 Å². The van der Waals surface area contributed by atoms with Crippen LogP contribution in [0.2, 0.25) is 0 Å². The Hall–Kier alpha value is -1.76. The van der Waals surface area contributed by atoms with Crippen LogP contribution in [-0.2, 0) is 4.74 Å². The molecule has 94 valence electrons. The second kappa shape index (κ2) is 4.49. The predicted octanol–water partition coefficient (Wildman–Crippen LogP) is 0.0604. The Kier molecular flexibility index (Phi) is 2.83. The Labute approximate surface area is 103 Å². The van der Waals surface area contributed by atoms with E-state index in [9.17, 15) is 10.2 Å². The van der Waals surface area contributed by atoms with E-state index in [1.54, 1.807) is 6.20 Å². The van der Waals surface area contributed by atoms with Crippen molar-refractivity contribution in [2.45, 2.75) is 18.3 Å². The Morgan fingerprint density at radius 1 is 1.22 bits per heavy atom. The van der Waals surface area contributed by atoms with Crippen molar-refractivity contribution in [3.05, 3.63) is 42.2 Å². The fraction of sp³-hybridized carbons (Fsp3) is 0.333. The van der Waals surface area contributed by atoms with Crippen LogP contribution in [0, 0.1) is 0 Å². The third-order valence-corrected chi connectivity index (χ3v) is 2.94. The first kappa shape index (κ1) is 11.3. The van der Waals surface area contributed by atoms with Crippen LogP contribution >= 0.6 is 0 Å². The van der Waals surface area contributed by atoms with Crippen LogP contribution in [0.25, 0.3) is 5.69 Å². The van der Waals surface area contributed by atoms with E-state index < -0.39 is 18.3 Å². The number of para-hydroxylation sites is 1. The van der Waals surface area contributed by atoms with Crippen LogP contribution in [-0.4, -0.2) is 44.0 Å². The van der Waals surface area contributed by atoms with Gasteiger partial charge in [0.2, 0.25) is 0 Å². The Bertz CT molecular complexity index is 528. The molecule has 1 aliphatic heterocycles. The van der Waals surface area contributed by atoms with Crippen molar-refractivity contribution in [2.75, 3.05) is 6.61 Å². The highest BCUT2D eigenvalue weighted by Crippen LogP contribution is 2.27. The zero-order valence-corrected chi connectivity index (χ0v) is 9.55. The summed E-state index contributed by atoms with van der Waals surface area (Å²) in [4.78, 5) is 1.47. The summed E-state index contributed by atoms with van der Waals surface area (Å²) in [5.41, 5.74) is 1.35. The average Bonchev–Trinajstić information content (AvgIpc) is 3.00. The first-order valence-corrected chi connectivity index (χ1v) is 5.71. The number of aromatic nitrogens is 3. The molecule has 1 aliphatic rings. The smallest absolute Gasteiger partial charge is 0.131 e. The van der Waals surface area contributed by atoms with Gasteiger partial charge in [-0.05, 0) is 12.1 Å². The minimum absolute atomic E-state index is 0.115. The summed E-state index contributed by atoms with van der Waals surface area (Å²) in [7, 11) is 0. The van der Waals surface area contributed by atoms with E-state index in [0.29, 0.717) is 5.69 Å². The number of hydrogen-bond donors (Lipinski definition) is 2. The van der Waals surface area contributed by atoms with Gasteiger partial charge in [-0.2, -0.15) is 15.0 Å². The van der Waals surface area contributed by atoms with E-state index in [-0.39, 0.29) is 6.61 Å². The fourth-order valence-electron chi connectivity index (χ4n) is 1.95. The lowest BCUT2D eigenvalue weighted by molar-refractivity contribution is 0.0203. The third-order valence-electron chi connectivity index (χ3n) is 2.94. The van der Waals surface area contributed by atoms with Gasteiger partial charge in [-0.1, -0.05) is 18.2 Å². The van der Waals surface area contributed by atoms with Gasteiger partial charge in [0.25, 0.3) is 0 Å². The van der Waals surface area contributed by atoms with Crippen LogP contribution < -0.4 is 0 Å². The van der Waals surface area contributed by atoms with E-state index in [0.717, 1.165) is 5.69 Å². The van der Waals surface area contributed by atoms with E-state index in [4.69, 9.17) is 4.74 Å². The fourth-order valence-corrected chi connectivity index (χ4v) is 1.95. The average molecular weight is 247 g/mol. The highest BCUT2D eigenvalue weighted by Gasteiger charge is 2.37. The Morgan fingerprint density at radius 2 is 2.00 bits per heavy atom. The van der Waals surface area contributed by atoms with E-state index in [2.05, 4.69) is 10.2 Å². The van der Waals surface area contributed by atoms with Crippen molar-refractivity contribution >= 4 is 0 Å². The quantitative estimate of drug-likeness (QED) is 0.784. The molecule has 1 saturated heterocycles. The minimum Gasteiger partial charge on any atom is -0.388 e. The lowest BCUT2D eigenvalue weighted by Gasteiger charge is -2.11. The van der Waals surface area contributed by atoms with Crippen molar-refractivity contribution in [2.24, 2.45) is 0 Å². The minimum atomic E-state index is -0.953. The molecule has 0 unspecified atom stereocenters. The third kappa shape index (κ3) is 1.90. The predicted molar refractivity (Wildman–Crippen MR) is 62.1 cm³/mol. The Morgan fingerprint density at radius 3 is 2.67 bits per heavy atom. The second-order valence-electron chi connectivity index (χ2n) is 4.21. The number of rotatable bonds is 2. The van der Waals surface area contributed by atoms with Crippen LogP contribution in [0.15, 0.2) is 36.5 Å². The Balaban J connectivity index is 1.86. The molecule has 6 nitrogen and oxygen atoms in total. The maximum Gasteiger partial charge on any atom is 0.131 e. The molecule has 6 heteroatoms. The zero-order chi connectivity index (χ0) is 12.5. The topological polar surface area (TPSA) is 80.4 Å². The van der Waals surface area contributed by atoms with Gasteiger partial charge >= 0.3 is 0 Å². The number of aliphatic hydroxyl groups is 2. The van der Waals surface area contributed by atoms with E-state index >= 15 is 0 Å². The van der Waals surface area contributed by atoms with Gasteiger partial charge in [-0.3, -0.25) is 0 Å². The molecule has 2 aromatic rings. The second-order valence-corrected chi connectivity index (χ2v) is 4.21. The summed E-state index contributed by atoms with van der Waals surface area (Å²) in [5.74, 6) is 0. The van der Waals surface area contributed by atoms with Crippen molar-refractivity contribution in [3.63, 3.8) is 0 Å². The number of hydrogen-bond acceptors (Lipinski definition) is 5. The van der Waals surface area contributed by atoms with Gasteiger partial charge < -0.3 is 14.9 Å². The summed E-state index contributed by atoms with van der Waals surface area (Å²) in [6, 6.07) is 9.45. The number of ether oxygens (including phenoxy) is 1. The van der Waals surface area contributed by atoms with Gasteiger partial charge in [0.15, 0.2) is 0 Å². The lowest BCUT2D eigenvalue weighted by atomic mass is 10.1. The van der Waals surface area contributed by atoms with E-state index in [1.165, 1.54) is 4.80 Å². The van der Waals surface area contributed by atoms with E-state index in [1.807, 2.05) is 30.3 Å². The molecule has 18 heavy (non-hydrogen) atoms. The SMILES string of the molecule is O[C@@H]1[C@H](O)CO[C@@H]1c1cnn(-c2ccccc2)n1. The molecule has 3 rings (SSSR count). The summed E-state index contributed by atoms with van der Waals surface area (Å²) in [6.45, 7) is 0.115. The summed E-state index contributed by atoms with van der Waals surface area (Å²) in [6.07, 6.45) is -0.890. The maximum absolute atomic E-state index is 9.74. The number of aliphatic hydroxyl groups excluding tert-OH is 2. The summed E-state index contributed by atoms with van der Waals surface area (Å²) in [5, 5.41) is 27.5. The normalized spacial score (nSPS) is 27.6. The molecular weight excluding hydrogens is 234 g/mol. The van der Waals surface area contributed by atoms with Crippen LogP contribution in [0.4, 0.5) is 0 Å². The summed E-state index contributed by atoms with van der Waals surface area (Å²) >= 11 is 0. The standard InChI is InChI=1S/C12H13N3O3/c16-10-7-18-12(11(10)17)9-6-13-15(14-9)8-4-2-1-3-5-8/h1-6,10-12,16-17H,7H2/t10-,11-,12-/m1/s1. The molecule has 0 bridgehead atoms. The molecule has 2 N–H and O–H groups in total. The monoisotopic (exact) mass is 247 g/mol. The first-order chi connectivity index (χ1) is 8.75. The molecule has 0 spiro atoms. The van der Waals surface area contributed by atoms with Crippen molar-refractivity contribution in [1.82, 2.24) is 15.0 Å². The molecule has 0 radical (unpaired) electrons. The zero-order valence-electron chi connectivity index (χ0n) is 9.55. The van der Waals surface area contributed by atoms with Crippen molar-refractivity contribution in [3.8, 4) is 5.69 Å². The van der Waals surface area contributed by atoms with Crippen molar-refractivity contribution < 1.29 is 14.9 Å². The van der Waals surface area contributed by atoms with Gasteiger partial charge in [-0.25, -0.2) is 0 Å². The molecule has 0 aliphatic carbocycles.